The molecule has 1 aromatic rings. The first-order chi connectivity index (χ1) is 10.1. The Bertz CT molecular complexity index is 476. The topological polar surface area (TPSA) is 26.3 Å². The molecule has 0 radical (unpaired) electrons. The highest BCUT2D eigenvalue weighted by Crippen LogP contribution is 2.32. The number of halogens is 1. The molecule has 0 unspecified atom stereocenters. The maximum absolute atomic E-state index is 13.6. The molecule has 0 bridgehead atoms. The molecule has 1 saturated carbocycles. The first-order valence-electron chi connectivity index (χ1n) is 7.99. The van der Waals surface area contributed by atoms with Gasteiger partial charge in [-0.1, -0.05) is 25.8 Å². The van der Waals surface area contributed by atoms with Crippen LogP contribution in [0.4, 0.5) is 4.39 Å². The third-order valence-corrected chi connectivity index (χ3v) is 4.59. The van der Waals surface area contributed by atoms with Crippen molar-refractivity contribution in [2.45, 2.75) is 51.9 Å². The second kappa shape index (κ2) is 7.58. The van der Waals surface area contributed by atoms with Gasteiger partial charge in [0.1, 0.15) is 5.78 Å². The van der Waals surface area contributed by atoms with E-state index in [4.69, 9.17) is 4.74 Å². The standard InChI is InChI=1S/C18H25FO2/c1-3-4-13-5-8-15(9-6-13)17(20)12-14-7-10-18(21-2)16(19)11-14/h7,10-11,13,15H,3-6,8-9,12H2,1-2H3. The summed E-state index contributed by atoms with van der Waals surface area (Å²) in [7, 11) is 1.44. The number of hydrogen-bond acceptors (Lipinski definition) is 2. The van der Waals surface area contributed by atoms with Crippen LogP contribution in [0.25, 0.3) is 0 Å². The maximum atomic E-state index is 13.6. The van der Waals surface area contributed by atoms with Crippen LogP contribution >= 0.6 is 0 Å². The fraction of sp³-hybridized carbons (Fsp3) is 0.611. The smallest absolute Gasteiger partial charge is 0.165 e. The van der Waals surface area contributed by atoms with Crippen LogP contribution in [0.2, 0.25) is 0 Å². The summed E-state index contributed by atoms with van der Waals surface area (Å²) in [6.07, 6.45) is 7.19. The highest BCUT2D eigenvalue weighted by Gasteiger charge is 2.25. The number of ether oxygens (including phenoxy) is 1. The van der Waals surface area contributed by atoms with E-state index in [0.717, 1.165) is 24.3 Å². The van der Waals surface area contributed by atoms with E-state index in [1.165, 1.54) is 38.9 Å². The number of carbonyl (C=O) groups is 1. The van der Waals surface area contributed by atoms with Crippen molar-refractivity contribution in [3.05, 3.63) is 29.6 Å². The van der Waals surface area contributed by atoms with Gasteiger partial charge in [0, 0.05) is 12.3 Å². The molecule has 0 amide bonds. The quantitative estimate of drug-likeness (QED) is 0.768. The van der Waals surface area contributed by atoms with Gasteiger partial charge in [-0.05, 0) is 49.3 Å². The van der Waals surface area contributed by atoms with Crippen LogP contribution in [0.5, 0.6) is 5.75 Å². The highest BCUT2D eigenvalue weighted by molar-refractivity contribution is 5.83. The molecule has 116 valence electrons. The molecular weight excluding hydrogens is 267 g/mol. The zero-order chi connectivity index (χ0) is 15.2. The first-order valence-corrected chi connectivity index (χ1v) is 7.99. The lowest BCUT2D eigenvalue weighted by atomic mass is 9.77. The van der Waals surface area contributed by atoms with Gasteiger partial charge in [0.15, 0.2) is 11.6 Å². The number of methoxy groups -OCH3 is 1. The van der Waals surface area contributed by atoms with Crippen LogP contribution in [0.1, 0.15) is 51.0 Å². The van der Waals surface area contributed by atoms with E-state index < -0.39 is 5.82 Å². The van der Waals surface area contributed by atoms with Crippen LogP contribution in [0.3, 0.4) is 0 Å². The minimum absolute atomic E-state index is 0.170. The van der Waals surface area contributed by atoms with E-state index in [9.17, 15) is 9.18 Å². The molecule has 0 spiro atoms. The summed E-state index contributed by atoms with van der Waals surface area (Å²) in [5, 5.41) is 0. The lowest BCUT2D eigenvalue weighted by molar-refractivity contribution is -0.123. The molecule has 0 aromatic heterocycles. The number of rotatable bonds is 6. The Kier molecular flexibility index (Phi) is 5.77. The van der Waals surface area contributed by atoms with Gasteiger partial charge in [0.2, 0.25) is 0 Å². The molecule has 2 rings (SSSR count). The van der Waals surface area contributed by atoms with Crippen molar-refractivity contribution in [1.29, 1.82) is 0 Å². The Balaban J connectivity index is 1.89. The summed E-state index contributed by atoms with van der Waals surface area (Å²) in [5.41, 5.74) is 0.744. The van der Waals surface area contributed by atoms with Crippen LogP contribution in [0, 0.1) is 17.7 Å². The van der Waals surface area contributed by atoms with Crippen LogP contribution in [-0.4, -0.2) is 12.9 Å². The van der Waals surface area contributed by atoms with Gasteiger partial charge in [-0.15, -0.1) is 0 Å². The molecule has 0 aliphatic heterocycles. The zero-order valence-electron chi connectivity index (χ0n) is 13.0. The SMILES string of the molecule is CCCC1CCC(C(=O)Cc2ccc(OC)c(F)c2)CC1. The van der Waals surface area contributed by atoms with Crippen molar-refractivity contribution in [2.24, 2.45) is 11.8 Å². The number of carbonyl (C=O) groups excluding carboxylic acids is 1. The molecule has 1 fully saturated rings. The average molecular weight is 292 g/mol. The Morgan fingerprint density at radius 1 is 1.29 bits per heavy atom. The normalized spacial score (nSPS) is 22.0. The van der Waals surface area contributed by atoms with Crippen LogP contribution in [0.15, 0.2) is 18.2 Å². The van der Waals surface area contributed by atoms with Gasteiger partial charge in [-0.3, -0.25) is 4.79 Å². The molecule has 0 saturated heterocycles. The monoisotopic (exact) mass is 292 g/mol. The zero-order valence-corrected chi connectivity index (χ0v) is 13.0. The third-order valence-electron chi connectivity index (χ3n) is 4.59. The van der Waals surface area contributed by atoms with Gasteiger partial charge in [-0.2, -0.15) is 0 Å². The second-order valence-corrected chi connectivity index (χ2v) is 6.12. The van der Waals surface area contributed by atoms with Crippen LogP contribution in [-0.2, 0) is 11.2 Å². The number of Topliss-reactive ketones (excluding diaryl/α,β-unsaturated/α-hetero) is 1. The van der Waals surface area contributed by atoms with Gasteiger partial charge in [0.05, 0.1) is 7.11 Å². The van der Waals surface area contributed by atoms with Crippen LogP contribution < -0.4 is 4.74 Å². The second-order valence-electron chi connectivity index (χ2n) is 6.12. The summed E-state index contributed by atoms with van der Waals surface area (Å²) < 4.78 is 18.5. The highest BCUT2D eigenvalue weighted by atomic mass is 19.1. The van der Waals surface area contributed by atoms with Gasteiger partial charge < -0.3 is 4.74 Å². The minimum atomic E-state index is -0.394. The van der Waals surface area contributed by atoms with E-state index in [1.807, 2.05) is 0 Å². The molecule has 0 atom stereocenters. The Labute approximate surface area is 126 Å². The predicted octanol–water partition coefficient (Wildman–Crippen LogP) is 4.55. The molecular formula is C18H25FO2. The fourth-order valence-corrected chi connectivity index (χ4v) is 3.35. The van der Waals surface area contributed by atoms with E-state index in [-0.39, 0.29) is 17.5 Å². The largest absolute Gasteiger partial charge is 0.494 e. The van der Waals surface area contributed by atoms with Crippen molar-refractivity contribution < 1.29 is 13.9 Å². The molecule has 2 nitrogen and oxygen atoms in total. The summed E-state index contributed by atoms with van der Waals surface area (Å²) in [4.78, 5) is 12.3. The molecule has 1 aliphatic rings. The van der Waals surface area contributed by atoms with Gasteiger partial charge in [-0.25, -0.2) is 4.39 Å². The van der Waals surface area contributed by atoms with Crippen molar-refractivity contribution in [1.82, 2.24) is 0 Å². The molecule has 21 heavy (non-hydrogen) atoms. The van der Waals surface area contributed by atoms with Crippen molar-refractivity contribution >= 4 is 5.78 Å². The van der Waals surface area contributed by atoms with E-state index in [2.05, 4.69) is 6.92 Å². The van der Waals surface area contributed by atoms with Crippen molar-refractivity contribution in [2.75, 3.05) is 7.11 Å². The fourth-order valence-electron chi connectivity index (χ4n) is 3.35. The summed E-state index contributed by atoms with van der Waals surface area (Å²) in [6, 6.07) is 4.79. The molecule has 1 aromatic carbocycles. The van der Waals surface area contributed by atoms with E-state index >= 15 is 0 Å². The lowest BCUT2D eigenvalue weighted by Gasteiger charge is -2.27. The predicted molar refractivity (Wildman–Crippen MR) is 82.0 cm³/mol. The summed E-state index contributed by atoms with van der Waals surface area (Å²) in [6.45, 7) is 2.22. The van der Waals surface area contributed by atoms with Crippen molar-refractivity contribution in [3.63, 3.8) is 0 Å². The minimum Gasteiger partial charge on any atom is -0.494 e. The van der Waals surface area contributed by atoms with E-state index in [0.29, 0.717) is 6.42 Å². The summed E-state index contributed by atoms with van der Waals surface area (Å²) in [5.74, 6) is 1.07. The molecule has 1 aliphatic carbocycles. The molecule has 3 heteroatoms. The first kappa shape index (κ1) is 16.0. The Hall–Kier alpha value is -1.38. The molecule has 0 N–H and O–H groups in total. The Morgan fingerprint density at radius 3 is 2.57 bits per heavy atom. The maximum Gasteiger partial charge on any atom is 0.165 e. The summed E-state index contributed by atoms with van der Waals surface area (Å²) >= 11 is 0. The van der Waals surface area contributed by atoms with Gasteiger partial charge in [0.25, 0.3) is 0 Å². The third kappa shape index (κ3) is 4.29. The number of hydrogen-bond donors (Lipinski definition) is 0. The number of ketones is 1. The van der Waals surface area contributed by atoms with Crippen molar-refractivity contribution in [3.8, 4) is 5.75 Å². The lowest BCUT2D eigenvalue weighted by Crippen LogP contribution is -2.23. The van der Waals surface area contributed by atoms with Gasteiger partial charge >= 0.3 is 0 Å². The number of benzene rings is 1. The Morgan fingerprint density at radius 2 is 2.00 bits per heavy atom. The average Bonchev–Trinajstić information content (AvgIpc) is 2.48. The molecule has 0 heterocycles. The van der Waals surface area contributed by atoms with E-state index in [1.54, 1.807) is 12.1 Å².